The highest BCUT2D eigenvalue weighted by Gasteiger charge is 2.10. The van der Waals surface area contributed by atoms with Crippen LogP contribution in [0.2, 0.25) is 0 Å². The number of rotatable bonds is 4. The Labute approximate surface area is 71.7 Å². The maximum absolute atomic E-state index is 5.38. The molecule has 0 radical (unpaired) electrons. The molecule has 68 valence electrons. The zero-order chi connectivity index (χ0) is 8.97. The second-order valence-electron chi connectivity index (χ2n) is 2.43. The fourth-order valence-electron chi connectivity index (χ4n) is 0.998. The van der Waals surface area contributed by atoms with Gasteiger partial charge in [0.1, 0.15) is 0 Å². The lowest BCUT2D eigenvalue weighted by atomic mass is 10.4. The Kier molecular flexibility index (Phi) is 3.10. The Morgan fingerprint density at radius 2 is 2.33 bits per heavy atom. The van der Waals surface area contributed by atoms with Gasteiger partial charge in [-0.15, -0.1) is 0 Å². The van der Waals surface area contributed by atoms with Crippen molar-refractivity contribution in [3.05, 3.63) is 11.7 Å². The minimum Gasteiger partial charge on any atom is -0.479 e. The van der Waals surface area contributed by atoms with Crippen molar-refractivity contribution < 1.29 is 9.15 Å². The van der Waals surface area contributed by atoms with Gasteiger partial charge >= 0.3 is 0 Å². The number of hydrogen-bond donors (Lipinski definition) is 1. The van der Waals surface area contributed by atoms with Gasteiger partial charge in [-0.25, -0.2) is 0 Å². The van der Waals surface area contributed by atoms with Crippen LogP contribution in [0.3, 0.4) is 0 Å². The molecule has 1 aromatic heterocycles. The summed E-state index contributed by atoms with van der Waals surface area (Å²) in [5.41, 5.74) is 5.36. The van der Waals surface area contributed by atoms with Crippen molar-refractivity contribution in [2.24, 2.45) is 5.73 Å². The van der Waals surface area contributed by atoms with Crippen LogP contribution in [-0.4, -0.2) is 18.6 Å². The fourth-order valence-corrected chi connectivity index (χ4v) is 0.998. The van der Waals surface area contributed by atoms with Crippen molar-refractivity contribution in [2.45, 2.75) is 19.8 Å². The van der Waals surface area contributed by atoms with E-state index in [1.54, 1.807) is 7.11 Å². The fraction of sp³-hybridized carbons (Fsp3) is 0.625. The summed E-state index contributed by atoms with van der Waals surface area (Å²) in [5.74, 6) is 2.04. The normalized spacial score (nSPS) is 10.2. The van der Waals surface area contributed by atoms with E-state index in [4.69, 9.17) is 14.9 Å². The van der Waals surface area contributed by atoms with Gasteiger partial charge in [0.05, 0.1) is 7.11 Å². The molecule has 0 aliphatic rings. The number of nitrogens with zero attached hydrogens (tertiary/aromatic N) is 1. The van der Waals surface area contributed by atoms with Crippen LogP contribution in [0.15, 0.2) is 4.42 Å². The molecule has 2 N–H and O–H groups in total. The topological polar surface area (TPSA) is 61.3 Å². The summed E-state index contributed by atoms with van der Waals surface area (Å²) in [4.78, 5) is 4.12. The number of oxazole rings is 1. The van der Waals surface area contributed by atoms with Gasteiger partial charge in [0, 0.05) is 19.4 Å². The van der Waals surface area contributed by atoms with Crippen LogP contribution in [0.1, 0.15) is 18.6 Å². The highest BCUT2D eigenvalue weighted by Crippen LogP contribution is 2.18. The number of ether oxygens (including phenoxy) is 1. The van der Waals surface area contributed by atoms with Crippen LogP contribution in [0.5, 0.6) is 5.88 Å². The summed E-state index contributed by atoms with van der Waals surface area (Å²) in [7, 11) is 1.59. The van der Waals surface area contributed by atoms with Crippen molar-refractivity contribution >= 4 is 0 Å². The maximum atomic E-state index is 5.38. The summed E-state index contributed by atoms with van der Waals surface area (Å²) >= 11 is 0. The van der Waals surface area contributed by atoms with E-state index < -0.39 is 0 Å². The Bertz CT molecular complexity index is 224. The van der Waals surface area contributed by atoms with Gasteiger partial charge in [-0.05, 0) is 0 Å². The van der Waals surface area contributed by atoms with Crippen LogP contribution in [0.4, 0.5) is 0 Å². The Balaban J connectivity index is 2.81. The highest BCUT2D eigenvalue weighted by molar-refractivity contribution is 5.16. The van der Waals surface area contributed by atoms with Crippen LogP contribution in [0, 0.1) is 0 Å². The smallest absolute Gasteiger partial charge is 0.256 e. The molecule has 1 rings (SSSR count). The summed E-state index contributed by atoms with van der Waals surface area (Å²) in [6, 6.07) is 0. The molecule has 1 aromatic rings. The number of hydrogen-bond acceptors (Lipinski definition) is 4. The molecule has 0 unspecified atom stereocenters. The molecule has 0 aliphatic heterocycles. The molecule has 0 bridgehead atoms. The van der Waals surface area contributed by atoms with E-state index in [-0.39, 0.29) is 0 Å². The molecule has 0 amide bonds. The van der Waals surface area contributed by atoms with Gasteiger partial charge in [-0.2, -0.15) is 4.98 Å². The first kappa shape index (κ1) is 9.06. The van der Waals surface area contributed by atoms with Gasteiger partial charge in [0.15, 0.2) is 11.7 Å². The minimum absolute atomic E-state index is 0.548. The Morgan fingerprint density at radius 3 is 2.75 bits per heavy atom. The van der Waals surface area contributed by atoms with Gasteiger partial charge in [0.25, 0.3) is 5.88 Å². The van der Waals surface area contributed by atoms with Crippen LogP contribution in [0.25, 0.3) is 0 Å². The molecule has 0 saturated carbocycles. The van der Waals surface area contributed by atoms with Crippen LogP contribution < -0.4 is 10.5 Å². The minimum atomic E-state index is 0.548. The summed E-state index contributed by atoms with van der Waals surface area (Å²) in [5, 5.41) is 0. The van der Waals surface area contributed by atoms with Gasteiger partial charge in [0.2, 0.25) is 0 Å². The number of methoxy groups -OCH3 is 1. The number of aryl methyl sites for hydroxylation is 1. The van der Waals surface area contributed by atoms with E-state index in [1.165, 1.54) is 0 Å². The molecule has 0 aromatic carbocycles. The van der Waals surface area contributed by atoms with E-state index in [0.717, 1.165) is 12.2 Å². The monoisotopic (exact) mass is 170 g/mol. The molecule has 0 atom stereocenters. The molecule has 0 aliphatic carbocycles. The lowest BCUT2D eigenvalue weighted by molar-refractivity contribution is 0.383. The zero-order valence-electron chi connectivity index (χ0n) is 7.46. The van der Waals surface area contributed by atoms with Crippen LogP contribution in [-0.2, 0) is 12.8 Å². The average Bonchev–Trinajstić information content (AvgIpc) is 2.48. The highest BCUT2D eigenvalue weighted by atomic mass is 16.5. The molecule has 0 spiro atoms. The summed E-state index contributed by atoms with van der Waals surface area (Å²) < 4.78 is 10.4. The number of nitrogens with two attached hydrogens (primary N) is 1. The van der Waals surface area contributed by atoms with E-state index in [9.17, 15) is 0 Å². The molecule has 1 heterocycles. The van der Waals surface area contributed by atoms with E-state index in [1.807, 2.05) is 6.92 Å². The third-order valence-corrected chi connectivity index (χ3v) is 1.58. The summed E-state index contributed by atoms with van der Waals surface area (Å²) in [6.45, 7) is 2.54. The predicted molar refractivity (Wildman–Crippen MR) is 45.2 cm³/mol. The lowest BCUT2D eigenvalue weighted by Crippen LogP contribution is -2.02. The third kappa shape index (κ3) is 1.76. The molecule has 4 heteroatoms. The molecule has 12 heavy (non-hydrogen) atoms. The number of aromatic nitrogens is 1. The maximum Gasteiger partial charge on any atom is 0.256 e. The quantitative estimate of drug-likeness (QED) is 0.724. The van der Waals surface area contributed by atoms with Gasteiger partial charge in [-0.3, -0.25) is 0 Å². The standard InChI is InChI=1S/C8H14N2O2/c1-3-6-8(11-2)10-7(12-6)4-5-9/h3-5,9H2,1-2H3. The zero-order valence-corrected chi connectivity index (χ0v) is 7.46. The van der Waals surface area contributed by atoms with E-state index >= 15 is 0 Å². The van der Waals surface area contributed by atoms with Crippen LogP contribution >= 0.6 is 0 Å². The van der Waals surface area contributed by atoms with E-state index in [0.29, 0.717) is 24.7 Å². The average molecular weight is 170 g/mol. The Hall–Kier alpha value is -1.03. The van der Waals surface area contributed by atoms with Gasteiger partial charge in [-0.1, -0.05) is 6.92 Å². The summed E-state index contributed by atoms with van der Waals surface area (Å²) in [6.07, 6.45) is 1.46. The molecule has 0 fully saturated rings. The third-order valence-electron chi connectivity index (χ3n) is 1.58. The van der Waals surface area contributed by atoms with Crippen molar-refractivity contribution in [3.8, 4) is 5.88 Å². The molecule has 0 saturated heterocycles. The van der Waals surface area contributed by atoms with Crippen molar-refractivity contribution in [3.63, 3.8) is 0 Å². The first-order chi connectivity index (χ1) is 5.81. The molecular formula is C8H14N2O2. The second-order valence-corrected chi connectivity index (χ2v) is 2.43. The molecule has 4 nitrogen and oxygen atoms in total. The predicted octanol–water partition coefficient (Wildman–Crippen LogP) is 0.747. The Morgan fingerprint density at radius 1 is 1.58 bits per heavy atom. The van der Waals surface area contributed by atoms with Gasteiger partial charge < -0.3 is 14.9 Å². The second kappa shape index (κ2) is 4.11. The van der Waals surface area contributed by atoms with Crippen molar-refractivity contribution in [1.29, 1.82) is 0 Å². The first-order valence-corrected chi connectivity index (χ1v) is 4.04. The lowest BCUT2D eigenvalue weighted by Gasteiger charge is -1.92. The first-order valence-electron chi connectivity index (χ1n) is 4.04. The van der Waals surface area contributed by atoms with Crippen molar-refractivity contribution in [2.75, 3.05) is 13.7 Å². The molecular weight excluding hydrogens is 156 g/mol. The van der Waals surface area contributed by atoms with Crippen molar-refractivity contribution in [1.82, 2.24) is 4.98 Å². The SMILES string of the molecule is CCc1oc(CCN)nc1OC. The van der Waals surface area contributed by atoms with E-state index in [2.05, 4.69) is 4.98 Å². The largest absolute Gasteiger partial charge is 0.479 e.